The van der Waals surface area contributed by atoms with E-state index in [2.05, 4.69) is 10.3 Å². The lowest BCUT2D eigenvalue weighted by Crippen LogP contribution is -2.12. The van der Waals surface area contributed by atoms with Crippen molar-refractivity contribution < 1.29 is 4.79 Å². The lowest BCUT2D eigenvalue weighted by Gasteiger charge is -2.05. The van der Waals surface area contributed by atoms with Gasteiger partial charge in [-0.25, -0.2) is 0 Å². The Morgan fingerprint density at radius 1 is 1.28 bits per heavy atom. The van der Waals surface area contributed by atoms with Crippen molar-refractivity contribution in [2.45, 2.75) is 19.8 Å². The maximum Gasteiger partial charge on any atom is 0.224 e. The molecule has 0 saturated heterocycles. The molecule has 0 spiro atoms. The molecule has 0 saturated carbocycles. The molecule has 0 fully saturated rings. The average molecular weight is 240 g/mol. The van der Waals surface area contributed by atoms with Crippen LogP contribution in [0, 0.1) is 6.92 Å². The van der Waals surface area contributed by atoms with Crippen molar-refractivity contribution in [2.75, 3.05) is 5.32 Å². The highest BCUT2D eigenvalue weighted by Crippen LogP contribution is 2.10. The average Bonchev–Trinajstić information content (AvgIpc) is 2.38. The van der Waals surface area contributed by atoms with Gasteiger partial charge in [0.05, 0.1) is 0 Å². The van der Waals surface area contributed by atoms with E-state index in [1.54, 1.807) is 12.4 Å². The highest BCUT2D eigenvalue weighted by molar-refractivity contribution is 5.90. The van der Waals surface area contributed by atoms with Gasteiger partial charge in [0, 0.05) is 24.5 Å². The van der Waals surface area contributed by atoms with E-state index in [-0.39, 0.29) is 5.91 Å². The molecule has 1 amide bonds. The number of hydrogen-bond donors (Lipinski definition) is 1. The number of aryl methyl sites for hydroxylation is 2. The van der Waals surface area contributed by atoms with E-state index in [1.165, 1.54) is 0 Å². The first-order valence-corrected chi connectivity index (χ1v) is 5.99. The molecule has 0 aliphatic carbocycles. The summed E-state index contributed by atoms with van der Waals surface area (Å²) in [7, 11) is 0. The second-order valence-electron chi connectivity index (χ2n) is 4.28. The normalized spacial score (nSPS) is 10.1. The molecule has 3 nitrogen and oxygen atoms in total. The van der Waals surface area contributed by atoms with Crippen LogP contribution in [-0.4, -0.2) is 10.9 Å². The predicted molar refractivity (Wildman–Crippen MR) is 72.4 cm³/mol. The number of aromatic nitrogens is 1. The van der Waals surface area contributed by atoms with Crippen molar-refractivity contribution >= 4 is 11.6 Å². The van der Waals surface area contributed by atoms with E-state index in [0.717, 1.165) is 16.8 Å². The molecule has 1 aromatic carbocycles. The molecular weight excluding hydrogens is 224 g/mol. The smallest absolute Gasteiger partial charge is 0.224 e. The van der Waals surface area contributed by atoms with Crippen LogP contribution in [0.15, 0.2) is 48.8 Å². The number of carbonyl (C=O) groups excluding carboxylic acids is 1. The fourth-order valence-electron chi connectivity index (χ4n) is 1.75. The molecule has 0 aliphatic rings. The number of hydrogen-bond acceptors (Lipinski definition) is 2. The minimum Gasteiger partial charge on any atom is -0.326 e. The molecule has 2 rings (SSSR count). The summed E-state index contributed by atoms with van der Waals surface area (Å²) in [5.41, 5.74) is 3.07. The summed E-state index contributed by atoms with van der Waals surface area (Å²) in [6.45, 7) is 2.01. The van der Waals surface area contributed by atoms with Crippen molar-refractivity contribution in [1.29, 1.82) is 0 Å². The van der Waals surface area contributed by atoms with Crippen LogP contribution < -0.4 is 5.32 Å². The zero-order chi connectivity index (χ0) is 12.8. The van der Waals surface area contributed by atoms with Gasteiger partial charge in [-0.15, -0.1) is 0 Å². The maximum atomic E-state index is 11.8. The number of rotatable bonds is 4. The molecule has 0 bridgehead atoms. The van der Waals surface area contributed by atoms with Gasteiger partial charge in [-0.3, -0.25) is 9.78 Å². The number of benzene rings is 1. The van der Waals surface area contributed by atoms with Gasteiger partial charge in [-0.05, 0) is 42.7 Å². The number of amides is 1. The summed E-state index contributed by atoms with van der Waals surface area (Å²) in [5.74, 6) is 0.0319. The molecule has 1 aromatic heterocycles. The van der Waals surface area contributed by atoms with E-state index in [1.807, 2.05) is 43.3 Å². The summed E-state index contributed by atoms with van der Waals surface area (Å²) in [6, 6.07) is 11.7. The number of anilines is 1. The second-order valence-corrected chi connectivity index (χ2v) is 4.28. The summed E-state index contributed by atoms with van der Waals surface area (Å²) >= 11 is 0. The molecule has 92 valence electrons. The van der Waals surface area contributed by atoms with Crippen LogP contribution in [0.4, 0.5) is 5.69 Å². The quantitative estimate of drug-likeness (QED) is 0.892. The lowest BCUT2D eigenvalue weighted by molar-refractivity contribution is -0.116. The van der Waals surface area contributed by atoms with E-state index >= 15 is 0 Å². The first-order chi connectivity index (χ1) is 8.74. The van der Waals surface area contributed by atoms with Gasteiger partial charge in [0.25, 0.3) is 0 Å². The fourth-order valence-corrected chi connectivity index (χ4v) is 1.75. The standard InChI is InChI=1S/C15H16N2O/c1-12-4-2-6-14(10-12)17-15(18)8-7-13-5-3-9-16-11-13/h2-6,9-11H,7-8H2,1H3,(H,17,18). The first-order valence-electron chi connectivity index (χ1n) is 5.99. The van der Waals surface area contributed by atoms with Gasteiger partial charge < -0.3 is 5.32 Å². The SMILES string of the molecule is Cc1cccc(NC(=O)CCc2cccnc2)c1. The Balaban J connectivity index is 1.86. The summed E-state index contributed by atoms with van der Waals surface area (Å²) in [6.07, 6.45) is 4.71. The molecule has 0 atom stereocenters. The van der Waals surface area contributed by atoms with Crippen LogP contribution in [0.1, 0.15) is 17.5 Å². The van der Waals surface area contributed by atoms with Gasteiger partial charge in [0.2, 0.25) is 5.91 Å². The maximum absolute atomic E-state index is 11.8. The van der Waals surface area contributed by atoms with Crippen molar-refractivity contribution in [3.8, 4) is 0 Å². The third-order valence-electron chi connectivity index (χ3n) is 2.67. The molecule has 2 aromatic rings. The van der Waals surface area contributed by atoms with Gasteiger partial charge in [-0.2, -0.15) is 0 Å². The second kappa shape index (κ2) is 5.96. The van der Waals surface area contributed by atoms with Gasteiger partial charge in [-0.1, -0.05) is 18.2 Å². The Kier molecular flexibility index (Phi) is 4.07. The van der Waals surface area contributed by atoms with Crippen LogP contribution in [0.2, 0.25) is 0 Å². The Morgan fingerprint density at radius 2 is 2.17 bits per heavy atom. The number of nitrogens with zero attached hydrogens (tertiary/aromatic N) is 1. The molecule has 3 heteroatoms. The summed E-state index contributed by atoms with van der Waals surface area (Å²) < 4.78 is 0. The Labute approximate surface area is 107 Å². The lowest BCUT2D eigenvalue weighted by atomic mass is 10.1. The molecule has 0 radical (unpaired) electrons. The number of nitrogens with one attached hydrogen (secondary N) is 1. The van der Waals surface area contributed by atoms with Crippen LogP contribution in [0.3, 0.4) is 0 Å². The predicted octanol–water partition coefficient (Wildman–Crippen LogP) is 2.96. The topological polar surface area (TPSA) is 42.0 Å². The minimum absolute atomic E-state index is 0.0319. The number of pyridine rings is 1. The van der Waals surface area contributed by atoms with Crippen molar-refractivity contribution in [1.82, 2.24) is 4.98 Å². The van der Waals surface area contributed by atoms with Gasteiger partial charge in [0.15, 0.2) is 0 Å². The van der Waals surface area contributed by atoms with E-state index in [4.69, 9.17) is 0 Å². The van der Waals surface area contributed by atoms with Crippen molar-refractivity contribution in [3.63, 3.8) is 0 Å². The van der Waals surface area contributed by atoms with Crippen LogP contribution in [0.25, 0.3) is 0 Å². The molecule has 1 N–H and O–H groups in total. The number of carbonyl (C=O) groups is 1. The van der Waals surface area contributed by atoms with Gasteiger partial charge >= 0.3 is 0 Å². The zero-order valence-electron chi connectivity index (χ0n) is 10.4. The largest absolute Gasteiger partial charge is 0.326 e. The van der Waals surface area contributed by atoms with Crippen molar-refractivity contribution in [3.05, 3.63) is 59.9 Å². The molecule has 18 heavy (non-hydrogen) atoms. The molecule has 1 heterocycles. The van der Waals surface area contributed by atoms with E-state index in [9.17, 15) is 4.79 Å². The van der Waals surface area contributed by atoms with E-state index in [0.29, 0.717) is 12.8 Å². The summed E-state index contributed by atoms with van der Waals surface area (Å²) in [4.78, 5) is 15.8. The zero-order valence-corrected chi connectivity index (χ0v) is 10.4. The third-order valence-corrected chi connectivity index (χ3v) is 2.67. The van der Waals surface area contributed by atoms with Crippen LogP contribution in [-0.2, 0) is 11.2 Å². The third kappa shape index (κ3) is 3.70. The van der Waals surface area contributed by atoms with E-state index < -0.39 is 0 Å². The highest BCUT2D eigenvalue weighted by atomic mass is 16.1. The Hall–Kier alpha value is -2.16. The highest BCUT2D eigenvalue weighted by Gasteiger charge is 2.03. The van der Waals surface area contributed by atoms with Crippen LogP contribution >= 0.6 is 0 Å². The first kappa shape index (κ1) is 12.3. The van der Waals surface area contributed by atoms with Gasteiger partial charge in [0.1, 0.15) is 0 Å². The summed E-state index contributed by atoms with van der Waals surface area (Å²) in [5, 5.41) is 2.89. The molecular formula is C15H16N2O. The van der Waals surface area contributed by atoms with Crippen molar-refractivity contribution in [2.24, 2.45) is 0 Å². The fraction of sp³-hybridized carbons (Fsp3) is 0.200. The minimum atomic E-state index is 0.0319. The van der Waals surface area contributed by atoms with Crippen LogP contribution in [0.5, 0.6) is 0 Å². The Bertz CT molecular complexity index is 523. The Morgan fingerprint density at radius 3 is 2.89 bits per heavy atom. The molecule has 0 unspecified atom stereocenters. The molecule has 0 aliphatic heterocycles. The monoisotopic (exact) mass is 240 g/mol.